The summed E-state index contributed by atoms with van der Waals surface area (Å²) < 4.78 is 1.29. The van der Waals surface area contributed by atoms with E-state index in [-0.39, 0.29) is 5.56 Å². The third kappa shape index (κ3) is 2.85. The first-order valence-corrected chi connectivity index (χ1v) is 8.90. The van der Waals surface area contributed by atoms with Gasteiger partial charge in [-0.15, -0.1) is 0 Å². The largest absolute Gasteiger partial charge is 0.398 e. The third-order valence-corrected chi connectivity index (χ3v) is 5.11. The topological polar surface area (TPSA) is 111 Å². The second-order valence-electron chi connectivity index (χ2n) is 6.73. The van der Waals surface area contributed by atoms with E-state index in [9.17, 15) is 15.3 Å². The standard InChI is InChI=1S/C21H18ClN5O/c1-12-7-15(8-13(2)19(12)25)21(10-23,11-24)18-14(3)26-27(20(18)28)17-6-4-5-16(22)9-17/h4-9,26H,25H2,1-3H3. The van der Waals surface area contributed by atoms with Crippen molar-refractivity contribution >= 4 is 17.3 Å². The van der Waals surface area contributed by atoms with E-state index in [2.05, 4.69) is 17.2 Å². The van der Waals surface area contributed by atoms with Crippen molar-refractivity contribution in [3.63, 3.8) is 0 Å². The van der Waals surface area contributed by atoms with Crippen LogP contribution >= 0.6 is 11.6 Å². The number of hydrogen-bond donors (Lipinski definition) is 2. The van der Waals surface area contributed by atoms with E-state index in [4.69, 9.17) is 17.3 Å². The van der Waals surface area contributed by atoms with E-state index in [0.29, 0.717) is 27.7 Å². The van der Waals surface area contributed by atoms with E-state index in [1.807, 2.05) is 0 Å². The Bertz CT molecular complexity index is 1190. The zero-order valence-corrected chi connectivity index (χ0v) is 16.4. The van der Waals surface area contributed by atoms with Gasteiger partial charge in [0.15, 0.2) is 0 Å². The van der Waals surface area contributed by atoms with Crippen LogP contribution in [-0.2, 0) is 5.41 Å². The van der Waals surface area contributed by atoms with Gasteiger partial charge < -0.3 is 5.73 Å². The molecule has 0 fully saturated rings. The maximum absolute atomic E-state index is 13.2. The molecule has 0 saturated carbocycles. The number of halogens is 1. The molecule has 140 valence electrons. The van der Waals surface area contributed by atoms with Crippen LogP contribution in [0.1, 0.15) is 27.9 Å². The Labute approximate surface area is 167 Å². The summed E-state index contributed by atoms with van der Waals surface area (Å²) >= 11 is 6.04. The fourth-order valence-electron chi connectivity index (χ4n) is 3.39. The lowest BCUT2D eigenvalue weighted by Crippen LogP contribution is -2.32. The lowest BCUT2D eigenvalue weighted by molar-refractivity contribution is 0.815. The second kappa shape index (κ2) is 6.92. The van der Waals surface area contributed by atoms with E-state index in [1.165, 1.54) is 4.68 Å². The Hall–Kier alpha value is -3.48. The van der Waals surface area contributed by atoms with Gasteiger partial charge in [-0.1, -0.05) is 29.8 Å². The summed E-state index contributed by atoms with van der Waals surface area (Å²) in [5.74, 6) is 0. The third-order valence-electron chi connectivity index (χ3n) is 4.87. The van der Waals surface area contributed by atoms with Crippen molar-refractivity contribution in [1.29, 1.82) is 10.5 Å². The average Bonchev–Trinajstić information content (AvgIpc) is 2.96. The molecule has 0 aliphatic heterocycles. The van der Waals surface area contributed by atoms with Gasteiger partial charge in [-0.3, -0.25) is 9.89 Å². The number of anilines is 1. The second-order valence-corrected chi connectivity index (χ2v) is 7.17. The highest BCUT2D eigenvalue weighted by molar-refractivity contribution is 6.30. The van der Waals surface area contributed by atoms with Gasteiger partial charge in [0.1, 0.15) is 0 Å². The van der Waals surface area contributed by atoms with E-state index in [1.54, 1.807) is 57.2 Å². The van der Waals surface area contributed by atoms with Crippen molar-refractivity contribution in [2.75, 3.05) is 5.73 Å². The smallest absolute Gasteiger partial charge is 0.277 e. The molecule has 0 unspecified atom stereocenters. The minimum absolute atomic E-state index is 0.0843. The van der Waals surface area contributed by atoms with Gasteiger partial charge in [-0.2, -0.15) is 10.5 Å². The van der Waals surface area contributed by atoms with Crippen molar-refractivity contribution in [3.8, 4) is 17.8 Å². The molecule has 0 amide bonds. The first-order valence-electron chi connectivity index (χ1n) is 8.53. The van der Waals surface area contributed by atoms with Crippen molar-refractivity contribution in [2.24, 2.45) is 0 Å². The maximum Gasteiger partial charge on any atom is 0.277 e. The van der Waals surface area contributed by atoms with Gasteiger partial charge in [0.2, 0.25) is 5.41 Å². The Morgan fingerprint density at radius 2 is 1.71 bits per heavy atom. The minimum Gasteiger partial charge on any atom is -0.398 e. The van der Waals surface area contributed by atoms with Gasteiger partial charge >= 0.3 is 0 Å². The molecular weight excluding hydrogens is 374 g/mol. The fraction of sp³-hybridized carbons (Fsp3) is 0.190. The summed E-state index contributed by atoms with van der Waals surface area (Å²) in [4.78, 5) is 13.2. The number of nitrogens with zero attached hydrogens (tertiary/aromatic N) is 3. The Morgan fingerprint density at radius 3 is 2.25 bits per heavy atom. The average molecular weight is 392 g/mol. The number of aryl methyl sites for hydroxylation is 3. The van der Waals surface area contributed by atoms with Crippen molar-refractivity contribution in [3.05, 3.63) is 79.7 Å². The molecule has 2 aromatic carbocycles. The highest BCUT2D eigenvalue weighted by Crippen LogP contribution is 2.34. The highest BCUT2D eigenvalue weighted by Gasteiger charge is 2.41. The fourth-order valence-corrected chi connectivity index (χ4v) is 3.57. The van der Waals surface area contributed by atoms with Crippen molar-refractivity contribution < 1.29 is 0 Å². The first kappa shape index (κ1) is 19.3. The molecule has 0 atom stereocenters. The molecule has 0 aliphatic rings. The monoisotopic (exact) mass is 391 g/mol. The quantitative estimate of drug-likeness (QED) is 0.663. The Morgan fingerprint density at radius 1 is 1.11 bits per heavy atom. The van der Waals surface area contributed by atoms with Crippen LogP contribution < -0.4 is 11.3 Å². The molecule has 3 aromatic rings. The van der Waals surface area contributed by atoms with Crippen LogP contribution in [0.15, 0.2) is 41.2 Å². The SMILES string of the molecule is Cc1cc(C(C#N)(C#N)c2c(C)[nH]n(-c3cccc(Cl)c3)c2=O)cc(C)c1N. The van der Waals surface area contributed by atoms with Crippen molar-refractivity contribution in [2.45, 2.75) is 26.2 Å². The lowest BCUT2D eigenvalue weighted by atomic mass is 9.76. The summed E-state index contributed by atoms with van der Waals surface area (Å²) in [7, 11) is 0. The van der Waals surface area contributed by atoms with E-state index < -0.39 is 11.0 Å². The zero-order chi connectivity index (χ0) is 20.6. The molecule has 1 aromatic heterocycles. The molecule has 7 heteroatoms. The van der Waals surface area contributed by atoms with Crippen LogP contribution in [0.25, 0.3) is 5.69 Å². The summed E-state index contributed by atoms with van der Waals surface area (Å²) in [6, 6.07) is 14.3. The number of hydrogen-bond acceptors (Lipinski definition) is 4. The molecule has 1 heterocycles. The minimum atomic E-state index is -1.77. The molecule has 28 heavy (non-hydrogen) atoms. The maximum atomic E-state index is 13.2. The van der Waals surface area contributed by atoms with Gasteiger partial charge in [0.25, 0.3) is 5.56 Å². The highest BCUT2D eigenvalue weighted by atomic mass is 35.5. The van der Waals surface area contributed by atoms with Crippen LogP contribution in [-0.4, -0.2) is 9.78 Å². The molecular formula is C21H18ClN5O. The summed E-state index contributed by atoms with van der Waals surface area (Å²) in [5, 5.41) is 23.5. The number of nitrogen functional groups attached to an aromatic ring is 1. The number of rotatable bonds is 3. The summed E-state index contributed by atoms with van der Waals surface area (Å²) in [6.45, 7) is 5.28. The van der Waals surface area contributed by atoms with Crippen molar-refractivity contribution in [1.82, 2.24) is 9.78 Å². The molecule has 6 nitrogen and oxygen atoms in total. The van der Waals surface area contributed by atoms with Gasteiger partial charge in [-0.25, -0.2) is 4.68 Å². The lowest BCUT2D eigenvalue weighted by Gasteiger charge is -2.20. The van der Waals surface area contributed by atoms with E-state index in [0.717, 1.165) is 11.1 Å². The number of nitrogens with two attached hydrogens (primary N) is 1. The van der Waals surface area contributed by atoms with Crippen LogP contribution in [0, 0.1) is 43.4 Å². The predicted molar refractivity (Wildman–Crippen MR) is 108 cm³/mol. The molecule has 0 saturated heterocycles. The Kier molecular flexibility index (Phi) is 4.77. The number of H-pyrrole nitrogens is 1. The normalized spacial score (nSPS) is 11.1. The van der Waals surface area contributed by atoms with Gasteiger partial charge in [-0.05, 0) is 55.7 Å². The molecule has 0 bridgehead atoms. The molecule has 0 aliphatic carbocycles. The van der Waals surface area contributed by atoms with Crippen LogP contribution in [0.2, 0.25) is 5.02 Å². The predicted octanol–water partition coefficient (Wildman–Crippen LogP) is 3.66. The van der Waals surface area contributed by atoms with Crippen LogP contribution in [0.5, 0.6) is 0 Å². The summed E-state index contributed by atoms with van der Waals surface area (Å²) in [6.07, 6.45) is 0. The number of nitriles is 2. The number of nitrogens with one attached hydrogen (secondary N) is 1. The molecule has 3 N–H and O–H groups in total. The molecule has 0 radical (unpaired) electrons. The first-order chi connectivity index (χ1) is 13.2. The number of aromatic nitrogens is 2. The van der Waals surface area contributed by atoms with E-state index >= 15 is 0 Å². The van der Waals surface area contributed by atoms with Crippen LogP contribution in [0.3, 0.4) is 0 Å². The number of benzene rings is 2. The summed E-state index contributed by atoms with van der Waals surface area (Å²) in [5.41, 5.74) is 7.30. The zero-order valence-electron chi connectivity index (χ0n) is 15.7. The van der Waals surface area contributed by atoms with Gasteiger partial charge in [0.05, 0.1) is 23.4 Å². The number of aromatic amines is 1. The Balaban J connectivity index is 2.33. The molecule has 0 spiro atoms. The van der Waals surface area contributed by atoms with Gasteiger partial charge in [0, 0.05) is 16.4 Å². The van der Waals surface area contributed by atoms with Crippen LogP contribution in [0.4, 0.5) is 5.69 Å². The molecule has 3 rings (SSSR count).